The molecule has 0 saturated carbocycles. The Morgan fingerprint density at radius 1 is 1.27 bits per heavy atom. The smallest absolute Gasteiger partial charge is 0.236 e. The van der Waals surface area contributed by atoms with Crippen molar-refractivity contribution in [3.8, 4) is 0 Å². The predicted molar refractivity (Wildman–Crippen MR) is 102 cm³/mol. The van der Waals surface area contributed by atoms with Crippen LogP contribution in [0.15, 0.2) is 53.0 Å². The molecule has 1 amide bonds. The fourth-order valence-electron chi connectivity index (χ4n) is 3.01. The van der Waals surface area contributed by atoms with Crippen LogP contribution < -0.4 is 0 Å². The van der Waals surface area contributed by atoms with Crippen LogP contribution in [0.25, 0.3) is 0 Å². The molecule has 138 valence electrons. The zero-order valence-electron chi connectivity index (χ0n) is 14.7. The van der Waals surface area contributed by atoms with E-state index in [4.69, 9.17) is 4.74 Å². The molecule has 0 bridgehead atoms. The molecular weight excluding hydrogens is 399 g/mol. The monoisotopic (exact) mass is 420 g/mol. The second-order valence-corrected chi connectivity index (χ2v) is 7.40. The first-order chi connectivity index (χ1) is 12.5. The van der Waals surface area contributed by atoms with E-state index < -0.39 is 0 Å². The molecule has 1 fully saturated rings. The summed E-state index contributed by atoms with van der Waals surface area (Å²) in [5, 5.41) is 0. The maximum Gasteiger partial charge on any atom is 0.236 e. The molecule has 6 heteroatoms. The summed E-state index contributed by atoms with van der Waals surface area (Å²) in [5.74, 6) is -0.307. The van der Waals surface area contributed by atoms with E-state index >= 15 is 0 Å². The summed E-state index contributed by atoms with van der Waals surface area (Å²) in [5.41, 5.74) is 1.63. The molecule has 1 aliphatic rings. The van der Waals surface area contributed by atoms with Gasteiger partial charge in [-0.25, -0.2) is 4.39 Å². The van der Waals surface area contributed by atoms with Crippen LogP contribution in [0.2, 0.25) is 0 Å². The average molecular weight is 421 g/mol. The number of hydrogen-bond acceptors (Lipinski definition) is 3. The van der Waals surface area contributed by atoms with Crippen LogP contribution >= 0.6 is 15.9 Å². The first-order valence-corrected chi connectivity index (χ1v) is 9.39. The second kappa shape index (κ2) is 8.75. The summed E-state index contributed by atoms with van der Waals surface area (Å²) in [4.78, 5) is 16.2. The highest BCUT2D eigenvalue weighted by atomic mass is 79.9. The Hall–Kier alpha value is -1.76. The predicted octanol–water partition coefficient (Wildman–Crippen LogP) is 3.62. The van der Waals surface area contributed by atoms with Crippen molar-refractivity contribution < 1.29 is 13.9 Å². The zero-order valence-corrected chi connectivity index (χ0v) is 16.3. The van der Waals surface area contributed by atoms with Gasteiger partial charge in [-0.05, 0) is 23.8 Å². The molecule has 26 heavy (non-hydrogen) atoms. The summed E-state index contributed by atoms with van der Waals surface area (Å²) in [7, 11) is 1.71. The third-order valence-electron chi connectivity index (χ3n) is 4.54. The number of ether oxygens (including phenoxy) is 1. The van der Waals surface area contributed by atoms with Crippen LogP contribution in [0.4, 0.5) is 4.39 Å². The minimum absolute atomic E-state index is 0.0234. The lowest BCUT2D eigenvalue weighted by Crippen LogP contribution is -2.44. The fourth-order valence-corrected chi connectivity index (χ4v) is 3.27. The molecule has 0 aromatic heterocycles. The first-order valence-electron chi connectivity index (χ1n) is 8.59. The topological polar surface area (TPSA) is 32.8 Å². The molecule has 4 nitrogen and oxygen atoms in total. The number of hydrogen-bond donors (Lipinski definition) is 0. The summed E-state index contributed by atoms with van der Waals surface area (Å²) < 4.78 is 20.7. The van der Waals surface area contributed by atoms with Crippen molar-refractivity contribution in [3.63, 3.8) is 0 Å². The minimum atomic E-state index is -0.283. The van der Waals surface area contributed by atoms with Gasteiger partial charge < -0.3 is 9.64 Å². The number of morpholine rings is 1. The molecule has 0 aliphatic carbocycles. The van der Waals surface area contributed by atoms with Crippen molar-refractivity contribution in [1.29, 1.82) is 0 Å². The molecule has 1 atom stereocenters. The molecule has 0 spiro atoms. The van der Waals surface area contributed by atoms with Crippen molar-refractivity contribution in [2.75, 3.05) is 33.3 Å². The third-order valence-corrected chi connectivity index (χ3v) is 5.07. The van der Waals surface area contributed by atoms with E-state index in [9.17, 15) is 9.18 Å². The Morgan fingerprint density at radius 3 is 2.73 bits per heavy atom. The Balaban J connectivity index is 1.56. The molecule has 1 heterocycles. The van der Waals surface area contributed by atoms with Gasteiger partial charge in [-0.2, -0.15) is 0 Å². The van der Waals surface area contributed by atoms with Crippen LogP contribution in [0.1, 0.15) is 17.2 Å². The molecule has 0 radical (unpaired) electrons. The molecule has 2 aromatic carbocycles. The number of carbonyl (C=O) groups is 1. The van der Waals surface area contributed by atoms with E-state index in [0.717, 1.165) is 10.0 Å². The van der Waals surface area contributed by atoms with Gasteiger partial charge in [0, 0.05) is 36.7 Å². The third kappa shape index (κ3) is 4.90. The summed E-state index contributed by atoms with van der Waals surface area (Å²) in [6, 6.07) is 14.6. The van der Waals surface area contributed by atoms with Crippen molar-refractivity contribution in [2.24, 2.45) is 0 Å². The van der Waals surface area contributed by atoms with Gasteiger partial charge in [0.25, 0.3) is 0 Å². The van der Waals surface area contributed by atoms with E-state index in [1.54, 1.807) is 30.1 Å². The van der Waals surface area contributed by atoms with Gasteiger partial charge in [-0.3, -0.25) is 9.69 Å². The van der Waals surface area contributed by atoms with E-state index in [1.807, 2.05) is 24.3 Å². The van der Waals surface area contributed by atoms with E-state index in [1.165, 1.54) is 6.07 Å². The number of halogens is 2. The maximum absolute atomic E-state index is 13.8. The minimum Gasteiger partial charge on any atom is -0.371 e. The number of benzene rings is 2. The van der Waals surface area contributed by atoms with Gasteiger partial charge in [-0.1, -0.05) is 46.3 Å². The van der Waals surface area contributed by atoms with E-state index in [0.29, 0.717) is 31.8 Å². The molecule has 2 aromatic rings. The quantitative estimate of drug-likeness (QED) is 0.740. The van der Waals surface area contributed by atoms with E-state index in [2.05, 4.69) is 20.8 Å². The Kier molecular flexibility index (Phi) is 6.40. The lowest BCUT2D eigenvalue weighted by Gasteiger charge is -2.33. The van der Waals surface area contributed by atoms with Gasteiger partial charge in [0.15, 0.2) is 0 Å². The van der Waals surface area contributed by atoms with Crippen LogP contribution in [-0.4, -0.2) is 49.0 Å². The standard InChI is InChI=1S/C20H22BrFN2O2/c1-23(12-16-4-2-3-5-18(16)22)20(25)14-24-10-11-26-19(13-24)15-6-8-17(21)9-7-15/h2-9,19H,10-14H2,1H3. The lowest BCUT2D eigenvalue weighted by atomic mass is 10.1. The lowest BCUT2D eigenvalue weighted by molar-refractivity contribution is -0.133. The van der Waals surface area contributed by atoms with Gasteiger partial charge in [0.2, 0.25) is 5.91 Å². The van der Waals surface area contributed by atoms with Crippen molar-refractivity contribution in [3.05, 3.63) is 69.9 Å². The van der Waals surface area contributed by atoms with Crippen molar-refractivity contribution in [1.82, 2.24) is 9.80 Å². The normalized spacial score (nSPS) is 17.9. The Labute approximate surface area is 161 Å². The zero-order chi connectivity index (χ0) is 18.5. The van der Waals surface area contributed by atoms with Crippen molar-refractivity contribution >= 4 is 21.8 Å². The Morgan fingerprint density at radius 2 is 2.00 bits per heavy atom. The molecular formula is C20H22BrFN2O2. The van der Waals surface area contributed by atoms with E-state index in [-0.39, 0.29) is 24.4 Å². The number of likely N-dealkylation sites (N-methyl/N-ethyl adjacent to an activating group) is 1. The number of amides is 1. The molecule has 1 aliphatic heterocycles. The van der Waals surface area contributed by atoms with Crippen LogP contribution in [0.5, 0.6) is 0 Å². The van der Waals surface area contributed by atoms with Gasteiger partial charge in [-0.15, -0.1) is 0 Å². The molecule has 1 unspecified atom stereocenters. The van der Waals surface area contributed by atoms with Crippen molar-refractivity contribution in [2.45, 2.75) is 12.6 Å². The fraction of sp³-hybridized carbons (Fsp3) is 0.350. The van der Waals surface area contributed by atoms with Crippen LogP contribution in [0, 0.1) is 5.82 Å². The highest BCUT2D eigenvalue weighted by molar-refractivity contribution is 9.10. The molecule has 0 N–H and O–H groups in total. The molecule has 1 saturated heterocycles. The highest BCUT2D eigenvalue weighted by Gasteiger charge is 2.24. The summed E-state index contributed by atoms with van der Waals surface area (Å²) in [6.07, 6.45) is -0.0403. The number of nitrogens with zero attached hydrogens (tertiary/aromatic N) is 2. The molecule has 3 rings (SSSR count). The second-order valence-electron chi connectivity index (χ2n) is 6.49. The van der Waals surface area contributed by atoms with Gasteiger partial charge >= 0.3 is 0 Å². The average Bonchev–Trinajstić information content (AvgIpc) is 2.64. The van der Waals surface area contributed by atoms with Crippen LogP contribution in [0.3, 0.4) is 0 Å². The first kappa shape index (κ1) is 19.0. The summed E-state index contributed by atoms with van der Waals surface area (Å²) in [6.45, 7) is 2.55. The SMILES string of the molecule is CN(Cc1ccccc1F)C(=O)CN1CCOC(c2ccc(Br)cc2)C1. The van der Waals surface area contributed by atoms with Gasteiger partial charge in [0.1, 0.15) is 5.82 Å². The largest absolute Gasteiger partial charge is 0.371 e. The number of carbonyl (C=O) groups excluding carboxylic acids is 1. The van der Waals surface area contributed by atoms with Gasteiger partial charge in [0.05, 0.1) is 19.3 Å². The summed E-state index contributed by atoms with van der Waals surface area (Å²) >= 11 is 3.43. The van der Waals surface area contributed by atoms with Crippen LogP contribution in [-0.2, 0) is 16.1 Å². The Bertz CT molecular complexity index is 754. The number of rotatable bonds is 5. The highest BCUT2D eigenvalue weighted by Crippen LogP contribution is 2.23. The maximum atomic E-state index is 13.8.